The molecule has 1 saturated heterocycles. The summed E-state index contributed by atoms with van der Waals surface area (Å²) in [5.41, 5.74) is 0. The molecule has 0 amide bonds. The number of carbonyl (C=O) groups is 1. The summed E-state index contributed by atoms with van der Waals surface area (Å²) in [5, 5.41) is 0. The Balaban J connectivity index is 2.01. The van der Waals surface area contributed by atoms with Crippen molar-refractivity contribution >= 4 is 5.97 Å². The fourth-order valence-electron chi connectivity index (χ4n) is 3.33. The molecule has 3 fully saturated rings. The maximum Gasteiger partial charge on any atom is 0.309 e. The number of hydrogen-bond donors (Lipinski definition) is 0. The fraction of sp³-hybridized carbons (Fsp3) is 0.700. The van der Waals surface area contributed by atoms with Crippen molar-refractivity contribution in [3.05, 3.63) is 12.7 Å². The SMILES string of the molecule is C=CC1C2CC3C(=O)OC1C3C2. The molecule has 1 aliphatic heterocycles. The summed E-state index contributed by atoms with van der Waals surface area (Å²) in [5.74, 6) is 1.98. The van der Waals surface area contributed by atoms with E-state index in [1.807, 2.05) is 6.08 Å². The van der Waals surface area contributed by atoms with Gasteiger partial charge >= 0.3 is 5.97 Å². The van der Waals surface area contributed by atoms with Crippen LogP contribution in [0.25, 0.3) is 0 Å². The molecule has 2 nitrogen and oxygen atoms in total. The summed E-state index contributed by atoms with van der Waals surface area (Å²) in [6.07, 6.45) is 4.41. The Hall–Kier alpha value is -0.790. The predicted molar refractivity (Wildman–Crippen MR) is 43.3 cm³/mol. The molecule has 2 saturated carbocycles. The first-order valence-corrected chi connectivity index (χ1v) is 4.64. The number of fused-ring (bicyclic) bond motifs is 1. The second kappa shape index (κ2) is 1.93. The molecular formula is C10H12O2. The quantitative estimate of drug-likeness (QED) is 0.432. The largest absolute Gasteiger partial charge is 0.461 e. The monoisotopic (exact) mass is 164 g/mol. The zero-order valence-electron chi connectivity index (χ0n) is 6.90. The highest BCUT2D eigenvalue weighted by molar-refractivity contribution is 5.76. The van der Waals surface area contributed by atoms with Gasteiger partial charge in [-0.25, -0.2) is 0 Å². The molecule has 0 aromatic heterocycles. The van der Waals surface area contributed by atoms with E-state index < -0.39 is 0 Å². The van der Waals surface area contributed by atoms with Crippen molar-refractivity contribution in [3.63, 3.8) is 0 Å². The van der Waals surface area contributed by atoms with Crippen LogP contribution in [0.2, 0.25) is 0 Å². The van der Waals surface area contributed by atoms with Gasteiger partial charge in [-0.1, -0.05) is 6.08 Å². The van der Waals surface area contributed by atoms with Gasteiger partial charge in [0.25, 0.3) is 0 Å². The molecule has 3 aliphatic rings. The fourth-order valence-corrected chi connectivity index (χ4v) is 3.33. The van der Waals surface area contributed by atoms with Gasteiger partial charge in [0.1, 0.15) is 6.10 Å². The van der Waals surface area contributed by atoms with Gasteiger partial charge in [-0.15, -0.1) is 6.58 Å². The maximum absolute atomic E-state index is 11.3. The second-order valence-electron chi connectivity index (χ2n) is 4.22. The third-order valence-electron chi connectivity index (χ3n) is 3.82. The first-order chi connectivity index (χ1) is 5.81. The Labute approximate surface area is 71.6 Å². The van der Waals surface area contributed by atoms with Crippen molar-refractivity contribution in [1.29, 1.82) is 0 Å². The smallest absolute Gasteiger partial charge is 0.309 e. The van der Waals surface area contributed by atoms with Crippen LogP contribution in [-0.4, -0.2) is 12.1 Å². The highest BCUT2D eigenvalue weighted by atomic mass is 16.6. The third-order valence-corrected chi connectivity index (χ3v) is 3.82. The Bertz CT molecular complexity index is 259. The van der Waals surface area contributed by atoms with Gasteiger partial charge in [0, 0.05) is 11.8 Å². The molecule has 0 radical (unpaired) electrons. The van der Waals surface area contributed by atoms with E-state index in [1.54, 1.807) is 0 Å². The lowest BCUT2D eigenvalue weighted by molar-refractivity contribution is -0.144. The van der Waals surface area contributed by atoms with Crippen molar-refractivity contribution in [3.8, 4) is 0 Å². The molecule has 2 bridgehead atoms. The van der Waals surface area contributed by atoms with E-state index in [4.69, 9.17) is 4.74 Å². The lowest BCUT2D eigenvalue weighted by Crippen LogP contribution is -2.24. The van der Waals surface area contributed by atoms with E-state index in [9.17, 15) is 4.79 Å². The Morgan fingerprint density at radius 2 is 2.33 bits per heavy atom. The van der Waals surface area contributed by atoms with Crippen LogP contribution >= 0.6 is 0 Å². The van der Waals surface area contributed by atoms with Crippen molar-refractivity contribution < 1.29 is 9.53 Å². The molecular weight excluding hydrogens is 152 g/mol. The lowest BCUT2D eigenvalue weighted by atomic mass is 9.82. The molecule has 64 valence electrons. The molecule has 2 aliphatic carbocycles. The average Bonchev–Trinajstić information content (AvgIpc) is 2.63. The zero-order valence-corrected chi connectivity index (χ0v) is 6.90. The van der Waals surface area contributed by atoms with Crippen molar-refractivity contribution in [2.75, 3.05) is 0 Å². The molecule has 0 spiro atoms. The summed E-state index contributed by atoms with van der Waals surface area (Å²) < 4.78 is 5.33. The molecule has 0 N–H and O–H groups in total. The predicted octanol–water partition coefficient (Wildman–Crippen LogP) is 1.37. The molecule has 0 aromatic carbocycles. The van der Waals surface area contributed by atoms with E-state index >= 15 is 0 Å². The van der Waals surface area contributed by atoms with E-state index in [0.29, 0.717) is 17.8 Å². The minimum Gasteiger partial charge on any atom is -0.461 e. The molecule has 3 rings (SSSR count). The Morgan fingerprint density at radius 3 is 3.08 bits per heavy atom. The lowest BCUT2D eigenvalue weighted by Gasteiger charge is -2.21. The molecule has 5 atom stereocenters. The molecule has 12 heavy (non-hydrogen) atoms. The number of carbonyl (C=O) groups excluding carboxylic acids is 1. The van der Waals surface area contributed by atoms with E-state index in [-0.39, 0.29) is 18.0 Å². The number of ether oxygens (including phenoxy) is 1. The van der Waals surface area contributed by atoms with Crippen LogP contribution in [0.3, 0.4) is 0 Å². The summed E-state index contributed by atoms with van der Waals surface area (Å²) in [6.45, 7) is 3.81. The number of hydrogen-bond acceptors (Lipinski definition) is 2. The van der Waals surface area contributed by atoms with Crippen LogP contribution in [-0.2, 0) is 9.53 Å². The minimum atomic E-state index is 0.0526. The van der Waals surface area contributed by atoms with Crippen LogP contribution in [0.1, 0.15) is 12.8 Å². The zero-order chi connectivity index (χ0) is 8.29. The minimum absolute atomic E-state index is 0.0526. The summed E-state index contributed by atoms with van der Waals surface area (Å²) in [6, 6.07) is 0. The van der Waals surface area contributed by atoms with Gasteiger partial charge in [-0.05, 0) is 18.8 Å². The molecule has 0 aromatic rings. The third kappa shape index (κ3) is 0.563. The van der Waals surface area contributed by atoms with Crippen molar-refractivity contribution in [2.45, 2.75) is 18.9 Å². The summed E-state index contributed by atoms with van der Waals surface area (Å²) in [4.78, 5) is 11.3. The van der Waals surface area contributed by atoms with Crippen LogP contribution in [0.4, 0.5) is 0 Å². The normalized spacial score (nSPS) is 54.3. The van der Waals surface area contributed by atoms with Crippen molar-refractivity contribution in [1.82, 2.24) is 0 Å². The standard InChI is InChI=1S/C10H12O2/c1-2-6-5-3-7-8(4-5)10(11)12-9(6)7/h2,5-9H,1,3-4H2. The highest BCUT2D eigenvalue weighted by Crippen LogP contribution is 2.57. The number of esters is 1. The average molecular weight is 164 g/mol. The van der Waals surface area contributed by atoms with Crippen LogP contribution in [0.5, 0.6) is 0 Å². The topological polar surface area (TPSA) is 26.3 Å². The van der Waals surface area contributed by atoms with Gasteiger partial charge in [0.05, 0.1) is 5.92 Å². The van der Waals surface area contributed by atoms with Gasteiger partial charge in [0.15, 0.2) is 0 Å². The summed E-state index contributed by atoms with van der Waals surface area (Å²) in [7, 11) is 0. The Morgan fingerprint density at radius 1 is 1.50 bits per heavy atom. The summed E-state index contributed by atoms with van der Waals surface area (Å²) >= 11 is 0. The first kappa shape index (κ1) is 6.70. The first-order valence-electron chi connectivity index (χ1n) is 4.64. The van der Waals surface area contributed by atoms with Crippen molar-refractivity contribution in [2.24, 2.45) is 23.7 Å². The molecule has 2 heteroatoms. The maximum atomic E-state index is 11.3. The van der Waals surface area contributed by atoms with Gasteiger partial charge in [0.2, 0.25) is 0 Å². The van der Waals surface area contributed by atoms with Crippen LogP contribution < -0.4 is 0 Å². The molecule has 1 heterocycles. The van der Waals surface area contributed by atoms with Gasteiger partial charge < -0.3 is 4.74 Å². The van der Waals surface area contributed by atoms with Crippen LogP contribution in [0.15, 0.2) is 12.7 Å². The molecule has 5 unspecified atom stereocenters. The number of rotatable bonds is 1. The van der Waals surface area contributed by atoms with Gasteiger partial charge in [-0.2, -0.15) is 0 Å². The van der Waals surface area contributed by atoms with E-state index in [0.717, 1.165) is 6.42 Å². The second-order valence-corrected chi connectivity index (χ2v) is 4.22. The van der Waals surface area contributed by atoms with Crippen LogP contribution in [0, 0.1) is 23.7 Å². The Kier molecular flexibility index (Phi) is 1.07. The van der Waals surface area contributed by atoms with E-state index in [2.05, 4.69) is 6.58 Å². The highest BCUT2D eigenvalue weighted by Gasteiger charge is 2.60. The van der Waals surface area contributed by atoms with Gasteiger partial charge in [-0.3, -0.25) is 4.79 Å². The van der Waals surface area contributed by atoms with E-state index in [1.165, 1.54) is 6.42 Å².